The van der Waals surface area contributed by atoms with Crippen molar-refractivity contribution in [2.75, 3.05) is 13.1 Å². The van der Waals surface area contributed by atoms with Gasteiger partial charge in [0.15, 0.2) is 0 Å². The number of amides is 1. The molecule has 1 aromatic heterocycles. The highest BCUT2D eigenvalue weighted by molar-refractivity contribution is 5.81. The van der Waals surface area contributed by atoms with Crippen molar-refractivity contribution in [3.05, 3.63) is 29.6 Å². The molecule has 1 fully saturated rings. The van der Waals surface area contributed by atoms with Crippen LogP contribution in [0.5, 0.6) is 0 Å². The quantitative estimate of drug-likeness (QED) is 0.900. The van der Waals surface area contributed by atoms with Gasteiger partial charge in [0, 0.05) is 5.69 Å². The molecule has 1 atom stereocenters. The first-order valence-corrected chi connectivity index (χ1v) is 7.15. The van der Waals surface area contributed by atoms with Crippen molar-refractivity contribution < 1.29 is 4.79 Å². The minimum atomic E-state index is 0.0450. The molecule has 1 aliphatic rings. The maximum atomic E-state index is 12.2. The number of carbonyl (C=O) groups is 1. The highest BCUT2D eigenvalue weighted by Gasteiger charge is 2.27. The zero-order valence-electron chi connectivity index (χ0n) is 11.9. The van der Waals surface area contributed by atoms with Gasteiger partial charge in [0.25, 0.3) is 0 Å². The largest absolute Gasteiger partial charge is 0.349 e. The van der Waals surface area contributed by atoms with Crippen molar-refractivity contribution in [1.82, 2.24) is 15.2 Å². The van der Waals surface area contributed by atoms with Crippen molar-refractivity contribution >= 4 is 5.91 Å². The number of nitrogens with zero attached hydrogens (tertiary/aromatic N) is 2. The highest BCUT2D eigenvalue weighted by Crippen LogP contribution is 2.16. The Morgan fingerprint density at radius 2 is 2.32 bits per heavy atom. The zero-order chi connectivity index (χ0) is 13.7. The van der Waals surface area contributed by atoms with E-state index in [4.69, 9.17) is 0 Å². The first-order chi connectivity index (χ1) is 9.20. The van der Waals surface area contributed by atoms with Gasteiger partial charge in [-0.05, 0) is 45.0 Å². The molecule has 1 N–H and O–H groups in total. The van der Waals surface area contributed by atoms with E-state index in [2.05, 4.69) is 22.1 Å². The molecule has 4 nitrogen and oxygen atoms in total. The van der Waals surface area contributed by atoms with Crippen LogP contribution in [-0.4, -0.2) is 34.9 Å². The Balaban J connectivity index is 1.89. The summed E-state index contributed by atoms with van der Waals surface area (Å²) >= 11 is 0. The Hall–Kier alpha value is -1.42. The van der Waals surface area contributed by atoms with E-state index in [0.717, 1.165) is 37.3 Å². The second-order valence-electron chi connectivity index (χ2n) is 5.13. The summed E-state index contributed by atoms with van der Waals surface area (Å²) in [7, 11) is 0. The minimum absolute atomic E-state index is 0.0450. The lowest BCUT2D eigenvalue weighted by molar-refractivity contribution is -0.127. The third kappa shape index (κ3) is 3.77. The number of nitrogens with one attached hydrogen (secondary N) is 1. The Morgan fingerprint density at radius 1 is 1.47 bits per heavy atom. The van der Waals surface area contributed by atoms with Crippen LogP contribution in [0.3, 0.4) is 0 Å². The predicted octanol–water partition coefficient (Wildman–Crippen LogP) is 1.88. The monoisotopic (exact) mass is 261 g/mol. The fraction of sp³-hybridized carbons (Fsp3) is 0.600. The summed E-state index contributed by atoms with van der Waals surface area (Å²) in [5.41, 5.74) is 1.91. The van der Waals surface area contributed by atoms with Crippen molar-refractivity contribution in [1.29, 1.82) is 0 Å². The van der Waals surface area contributed by atoms with Crippen molar-refractivity contribution in [2.45, 2.75) is 45.7 Å². The van der Waals surface area contributed by atoms with Crippen LogP contribution in [0.4, 0.5) is 0 Å². The van der Waals surface area contributed by atoms with Gasteiger partial charge < -0.3 is 5.32 Å². The summed E-state index contributed by atoms with van der Waals surface area (Å²) in [6.45, 7) is 6.59. The summed E-state index contributed by atoms with van der Waals surface area (Å²) < 4.78 is 0. The van der Waals surface area contributed by atoms with Crippen molar-refractivity contribution in [2.24, 2.45) is 0 Å². The molecular formula is C15H23N3O. The molecular weight excluding hydrogens is 238 g/mol. The average Bonchev–Trinajstić information content (AvgIpc) is 2.45. The Kier molecular flexibility index (Phi) is 4.91. The van der Waals surface area contributed by atoms with Crippen LogP contribution in [0.15, 0.2) is 18.2 Å². The van der Waals surface area contributed by atoms with Gasteiger partial charge in [-0.25, -0.2) is 0 Å². The van der Waals surface area contributed by atoms with Crippen LogP contribution in [0.2, 0.25) is 0 Å². The number of aromatic nitrogens is 1. The third-order valence-electron chi connectivity index (χ3n) is 3.71. The first-order valence-electron chi connectivity index (χ1n) is 7.15. The normalized spacial score (nSPS) is 20.2. The summed E-state index contributed by atoms with van der Waals surface area (Å²) in [6.07, 6.45) is 3.33. The summed E-state index contributed by atoms with van der Waals surface area (Å²) in [4.78, 5) is 18.9. The second kappa shape index (κ2) is 6.66. The molecule has 1 amide bonds. The molecule has 4 heteroatoms. The summed E-state index contributed by atoms with van der Waals surface area (Å²) in [5.74, 6) is 0.143. The third-order valence-corrected chi connectivity index (χ3v) is 3.71. The smallest absolute Gasteiger partial charge is 0.237 e. The Morgan fingerprint density at radius 3 is 3.05 bits per heavy atom. The van der Waals surface area contributed by atoms with E-state index in [0.29, 0.717) is 6.54 Å². The molecule has 0 radical (unpaired) electrons. The van der Waals surface area contributed by atoms with Gasteiger partial charge in [-0.15, -0.1) is 0 Å². The molecule has 19 heavy (non-hydrogen) atoms. The molecule has 1 aliphatic heterocycles. The SMILES string of the molecule is CCN1CCCC[C@H]1C(=O)NCc1cccc(C)n1. The van der Waals surface area contributed by atoms with E-state index in [-0.39, 0.29) is 11.9 Å². The molecule has 0 aliphatic carbocycles. The molecule has 0 aromatic carbocycles. The molecule has 0 saturated carbocycles. The minimum Gasteiger partial charge on any atom is -0.349 e. The number of pyridine rings is 1. The average molecular weight is 261 g/mol. The molecule has 0 spiro atoms. The predicted molar refractivity (Wildman–Crippen MR) is 75.7 cm³/mol. The van der Waals surface area contributed by atoms with Gasteiger partial charge in [-0.3, -0.25) is 14.7 Å². The fourth-order valence-electron chi connectivity index (χ4n) is 2.66. The van der Waals surface area contributed by atoms with Crippen LogP contribution in [0.25, 0.3) is 0 Å². The fourth-order valence-corrected chi connectivity index (χ4v) is 2.66. The van der Waals surface area contributed by atoms with E-state index in [9.17, 15) is 4.79 Å². The molecule has 0 unspecified atom stereocenters. The first kappa shape index (κ1) is 14.0. The van der Waals surface area contributed by atoms with Gasteiger partial charge in [0.2, 0.25) is 5.91 Å². The summed E-state index contributed by atoms with van der Waals surface area (Å²) in [5, 5.41) is 3.02. The molecule has 104 valence electrons. The molecule has 1 saturated heterocycles. The topological polar surface area (TPSA) is 45.2 Å². The van der Waals surface area contributed by atoms with Crippen LogP contribution < -0.4 is 5.32 Å². The highest BCUT2D eigenvalue weighted by atomic mass is 16.2. The Bertz CT molecular complexity index is 433. The summed E-state index contributed by atoms with van der Waals surface area (Å²) in [6, 6.07) is 5.93. The Labute approximate surface area is 115 Å². The van der Waals surface area contributed by atoms with Gasteiger partial charge in [-0.1, -0.05) is 19.4 Å². The maximum absolute atomic E-state index is 12.2. The van der Waals surface area contributed by atoms with Crippen LogP contribution in [-0.2, 0) is 11.3 Å². The van der Waals surface area contributed by atoms with Gasteiger partial charge >= 0.3 is 0 Å². The van der Waals surface area contributed by atoms with E-state index >= 15 is 0 Å². The van der Waals surface area contributed by atoms with Crippen molar-refractivity contribution in [3.8, 4) is 0 Å². The van der Waals surface area contributed by atoms with E-state index < -0.39 is 0 Å². The number of hydrogen-bond acceptors (Lipinski definition) is 3. The van der Waals surface area contributed by atoms with Crippen LogP contribution >= 0.6 is 0 Å². The lowest BCUT2D eigenvalue weighted by atomic mass is 10.0. The van der Waals surface area contributed by atoms with Gasteiger partial charge in [0.1, 0.15) is 0 Å². The zero-order valence-corrected chi connectivity index (χ0v) is 11.9. The lowest BCUT2D eigenvalue weighted by Crippen LogP contribution is -2.49. The number of aryl methyl sites for hydroxylation is 1. The number of likely N-dealkylation sites (N-methyl/N-ethyl adjacent to an activating group) is 1. The molecule has 2 heterocycles. The number of piperidine rings is 1. The molecule has 1 aromatic rings. The standard InChI is InChI=1S/C15H23N3O/c1-3-18-10-5-4-9-14(18)15(19)16-11-13-8-6-7-12(2)17-13/h6-8,14H,3-5,9-11H2,1-2H3,(H,16,19)/t14-/m0/s1. The van der Waals surface area contributed by atoms with Crippen LogP contribution in [0, 0.1) is 6.92 Å². The number of hydrogen-bond donors (Lipinski definition) is 1. The number of likely N-dealkylation sites (tertiary alicyclic amines) is 1. The van der Waals surface area contributed by atoms with E-state index in [1.165, 1.54) is 6.42 Å². The number of carbonyl (C=O) groups excluding carboxylic acids is 1. The maximum Gasteiger partial charge on any atom is 0.237 e. The molecule has 2 rings (SSSR count). The van der Waals surface area contributed by atoms with Crippen LogP contribution in [0.1, 0.15) is 37.6 Å². The van der Waals surface area contributed by atoms with Gasteiger partial charge in [0.05, 0.1) is 18.3 Å². The number of rotatable bonds is 4. The van der Waals surface area contributed by atoms with Gasteiger partial charge in [-0.2, -0.15) is 0 Å². The van der Waals surface area contributed by atoms with E-state index in [1.807, 2.05) is 25.1 Å². The van der Waals surface area contributed by atoms with Crippen molar-refractivity contribution in [3.63, 3.8) is 0 Å². The second-order valence-corrected chi connectivity index (χ2v) is 5.13. The molecule has 0 bridgehead atoms. The lowest BCUT2D eigenvalue weighted by Gasteiger charge is -2.33. The van der Waals surface area contributed by atoms with E-state index in [1.54, 1.807) is 0 Å².